The van der Waals surface area contributed by atoms with Gasteiger partial charge in [-0.3, -0.25) is 0 Å². The van der Waals surface area contributed by atoms with E-state index >= 15 is 0 Å². The lowest BCUT2D eigenvalue weighted by Crippen LogP contribution is -2.20. The average Bonchev–Trinajstić information content (AvgIpc) is 2.26. The van der Waals surface area contributed by atoms with Gasteiger partial charge in [-0.05, 0) is 37.2 Å². The summed E-state index contributed by atoms with van der Waals surface area (Å²) in [4.78, 5) is 2.42. The van der Waals surface area contributed by atoms with Crippen LogP contribution in [0.5, 0.6) is 0 Å². The minimum absolute atomic E-state index is 0.351. The van der Waals surface area contributed by atoms with Gasteiger partial charge in [0, 0.05) is 19.3 Å². The van der Waals surface area contributed by atoms with Crippen LogP contribution in [0.25, 0.3) is 0 Å². The molecule has 0 aromatic rings. The Morgan fingerprint density at radius 2 is 1.83 bits per heavy atom. The van der Waals surface area contributed by atoms with Gasteiger partial charge in [-0.2, -0.15) is 0 Å². The summed E-state index contributed by atoms with van der Waals surface area (Å²) in [6.07, 6.45) is 8.11. The molecule has 0 radical (unpaired) electrons. The van der Waals surface area contributed by atoms with Crippen LogP contribution in [0.3, 0.4) is 0 Å². The van der Waals surface area contributed by atoms with Crippen molar-refractivity contribution in [3.05, 3.63) is 23.9 Å². The maximum Gasteiger partial charge on any atom is 0.0171 e. The number of nitrogens with zero attached hydrogens (tertiary/aromatic N) is 1. The maximum absolute atomic E-state index is 3.89. The second kappa shape index (κ2) is 8.39. The van der Waals surface area contributed by atoms with Crippen molar-refractivity contribution in [3.63, 3.8) is 0 Å². The highest BCUT2D eigenvalue weighted by molar-refractivity contribution is 5.15. The molecule has 106 valence electrons. The SMILES string of the molecule is C=CC/C(CC(C)(C)C)=C(\C)N(C)CCCCC. The molecular formula is C17H33N. The number of allylic oxidation sites excluding steroid dienone is 3. The minimum atomic E-state index is 0.351. The first-order valence-corrected chi connectivity index (χ1v) is 7.32. The predicted octanol–water partition coefficient (Wildman–Crippen LogP) is 5.39. The number of rotatable bonds is 8. The molecule has 0 aliphatic heterocycles. The molecular weight excluding hydrogens is 218 g/mol. The molecule has 0 saturated carbocycles. The number of hydrogen-bond donors (Lipinski definition) is 0. The maximum atomic E-state index is 3.89. The Balaban J connectivity index is 4.68. The van der Waals surface area contributed by atoms with E-state index < -0.39 is 0 Å². The molecule has 0 atom stereocenters. The van der Waals surface area contributed by atoms with Gasteiger partial charge in [0.2, 0.25) is 0 Å². The lowest BCUT2D eigenvalue weighted by Gasteiger charge is -2.27. The molecule has 1 nitrogen and oxygen atoms in total. The second-order valence-electron chi connectivity index (χ2n) is 6.55. The summed E-state index contributed by atoms with van der Waals surface area (Å²) < 4.78 is 0. The van der Waals surface area contributed by atoms with Crippen molar-refractivity contribution < 1.29 is 0 Å². The molecule has 0 unspecified atom stereocenters. The van der Waals surface area contributed by atoms with Crippen LogP contribution in [0.15, 0.2) is 23.9 Å². The number of unbranched alkanes of at least 4 members (excludes halogenated alkanes) is 2. The van der Waals surface area contributed by atoms with Gasteiger partial charge in [-0.25, -0.2) is 0 Å². The molecule has 0 aliphatic carbocycles. The highest BCUT2D eigenvalue weighted by Gasteiger charge is 2.15. The van der Waals surface area contributed by atoms with E-state index in [1.807, 2.05) is 6.08 Å². The first-order chi connectivity index (χ1) is 8.31. The average molecular weight is 251 g/mol. The first kappa shape index (κ1) is 17.3. The van der Waals surface area contributed by atoms with Gasteiger partial charge in [0.25, 0.3) is 0 Å². The van der Waals surface area contributed by atoms with Crippen molar-refractivity contribution in [1.82, 2.24) is 4.90 Å². The van der Waals surface area contributed by atoms with Crippen molar-refractivity contribution in [2.75, 3.05) is 13.6 Å². The normalized spacial score (nSPS) is 13.2. The van der Waals surface area contributed by atoms with E-state index in [1.165, 1.54) is 37.1 Å². The van der Waals surface area contributed by atoms with Gasteiger partial charge in [-0.1, -0.05) is 46.6 Å². The Bertz CT molecular complexity index is 268. The zero-order valence-corrected chi connectivity index (χ0v) is 13.5. The van der Waals surface area contributed by atoms with Gasteiger partial charge in [0.05, 0.1) is 0 Å². The third kappa shape index (κ3) is 7.58. The Labute approximate surface area is 115 Å². The fourth-order valence-electron chi connectivity index (χ4n) is 2.20. The smallest absolute Gasteiger partial charge is 0.0171 e. The summed E-state index contributed by atoms with van der Waals surface area (Å²) in [7, 11) is 2.22. The van der Waals surface area contributed by atoms with Crippen LogP contribution in [-0.2, 0) is 0 Å². The Hall–Kier alpha value is -0.720. The van der Waals surface area contributed by atoms with Crippen LogP contribution in [0, 0.1) is 5.41 Å². The second-order valence-corrected chi connectivity index (χ2v) is 6.55. The minimum Gasteiger partial charge on any atom is -0.378 e. The molecule has 0 saturated heterocycles. The van der Waals surface area contributed by atoms with Gasteiger partial charge < -0.3 is 4.90 Å². The van der Waals surface area contributed by atoms with Crippen molar-refractivity contribution in [1.29, 1.82) is 0 Å². The quantitative estimate of drug-likeness (QED) is 0.413. The Kier molecular flexibility index (Phi) is 8.06. The third-order valence-corrected chi connectivity index (χ3v) is 3.32. The molecule has 0 heterocycles. The van der Waals surface area contributed by atoms with Crippen LogP contribution in [0.2, 0.25) is 0 Å². The van der Waals surface area contributed by atoms with E-state index in [0.29, 0.717) is 5.41 Å². The molecule has 0 aliphatic rings. The molecule has 0 rings (SSSR count). The Morgan fingerprint density at radius 1 is 1.22 bits per heavy atom. The number of hydrogen-bond acceptors (Lipinski definition) is 1. The van der Waals surface area contributed by atoms with E-state index in [-0.39, 0.29) is 0 Å². The van der Waals surface area contributed by atoms with Gasteiger partial charge in [-0.15, -0.1) is 6.58 Å². The monoisotopic (exact) mass is 251 g/mol. The van der Waals surface area contributed by atoms with E-state index in [0.717, 1.165) is 12.8 Å². The molecule has 0 amide bonds. The topological polar surface area (TPSA) is 3.24 Å². The predicted molar refractivity (Wildman–Crippen MR) is 83.7 cm³/mol. The van der Waals surface area contributed by atoms with Gasteiger partial charge in [0.15, 0.2) is 0 Å². The molecule has 0 aromatic heterocycles. The third-order valence-electron chi connectivity index (χ3n) is 3.32. The van der Waals surface area contributed by atoms with E-state index in [9.17, 15) is 0 Å². The van der Waals surface area contributed by atoms with Gasteiger partial charge >= 0.3 is 0 Å². The van der Waals surface area contributed by atoms with Crippen molar-refractivity contribution in [3.8, 4) is 0 Å². The zero-order chi connectivity index (χ0) is 14.2. The highest BCUT2D eigenvalue weighted by atomic mass is 15.1. The standard InChI is InChI=1S/C17H33N/c1-8-10-11-13-18(7)15(3)16(12-9-2)14-17(4,5)6/h9H,2,8,10-14H2,1,3-7H3/b16-15-. The van der Waals surface area contributed by atoms with E-state index in [1.54, 1.807) is 0 Å². The van der Waals surface area contributed by atoms with Crippen molar-refractivity contribution in [2.24, 2.45) is 5.41 Å². The largest absolute Gasteiger partial charge is 0.378 e. The van der Waals surface area contributed by atoms with E-state index in [4.69, 9.17) is 0 Å². The summed E-state index contributed by atoms with van der Waals surface area (Å²) in [6, 6.07) is 0. The summed E-state index contributed by atoms with van der Waals surface area (Å²) in [5, 5.41) is 0. The van der Waals surface area contributed by atoms with Crippen LogP contribution in [0.4, 0.5) is 0 Å². The summed E-state index contributed by atoms with van der Waals surface area (Å²) in [6.45, 7) is 16.5. The van der Waals surface area contributed by atoms with Crippen molar-refractivity contribution >= 4 is 0 Å². The van der Waals surface area contributed by atoms with Crippen LogP contribution < -0.4 is 0 Å². The highest BCUT2D eigenvalue weighted by Crippen LogP contribution is 2.28. The first-order valence-electron chi connectivity index (χ1n) is 7.32. The molecule has 0 fully saturated rings. The summed E-state index contributed by atoms with van der Waals surface area (Å²) in [5.74, 6) is 0. The molecule has 0 spiro atoms. The zero-order valence-electron chi connectivity index (χ0n) is 13.5. The van der Waals surface area contributed by atoms with Crippen LogP contribution >= 0.6 is 0 Å². The van der Waals surface area contributed by atoms with Crippen LogP contribution in [-0.4, -0.2) is 18.5 Å². The van der Waals surface area contributed by atoms with E-state index in [2.05, 4.69) is 53.1 Å². The molecule has 0 N–H and O–H groups in total. The lowest BCUT2D eigenvalue weighted by atomic mass is 9.86. The van der Waals surface area contributed by atoms with Crippen molar-refractivity contribution in [2.45, 2.75) is 66.7 Å². The molecule has 0 bridgehead atoms. The lowest BCUT2D eigenvalue weighted by molar-refractivity contribution is 0.371. The fourth-order valence-corrected chi connectivity index (χ4v) is 2.20. The fraction of sp³-hybridized carbons (Fsp3) is 0.765. The molecule has 1 heteroatoms. The van der Waals surface area contributed by atoms with Crippen LogP contribution in [0.1, 0.15) is 66.7 Å². The van der Waals surface area contributed by atoms with Gasteiger partial charge in [0.1, 0.15) is 0 Å². The molecule has 18 heavy (non-hydrogen) atoms. The molecule has 0 aromatic carbocycles. The summed E-state index contributed by atoms with van der Waals surface area (Å²) in [5.41, 5.74) is 3.33. The summed E-state index contributed by atoms with van der Waals surface area (Å²) >= 11 is 0. The Morgan fingerprint density at radius 3 is 2.28 bits per heavy atom.